The first-order chi connectivity index (χ1) is 20.4. The number of fused-ring (bicyclic) bond motifs is 1. The third-order valence-electron chi connectivity index (χ3n) is 7.14. The maximum atomic E-state index is 13.1. The van der Waals surface area contributed by atoms with Gasteiger partial charge in [0.2, 0.25) is 5.95 Å². The molecule has 4 aromatic heterocycles. The maximum Gasteiger partial charge on any atom is 0.359 e. The molecule has 1 unspecified atom stereocenters. The number of carbonyl (C=O) groups is 1. The number of pyridine rings is 1. The molecule has 5 aromatic rings. The topological polar surface area (TPSA) is 156 Å². The van der Waals surface area contributed by atoms with Crippen LogP contribution >= 0.6 is 0 Å². The maximum absolute atomic E-state index is 13.1. The van der Waals surface area contributed by atoms with E-state index in [0.717, 1.165) is 47.0 Å². The minimum absolute atomic E-state index is 0.0298. The summed E-state index contributed by atoms with van der Waals surface area (Å²) in [7, 11) is 0. The molecule has 42 heavy (non-hydrogen) atoms. The summed E-state index contributed by atoms with van der Waals surface area (Å²) in [4.78, 5) is 35.9. The Labute approximate surface area is 242 Å². The van der Waals surface area contributed by atoms with Crippen LogP contribution in [0.5, 0.6) is 0 Å². The Balaban J connectivity index is 1.54. The van der Waals surface area contributed by atoms with Gasteiger partial charge in [-0.3, -0.25) is 0 Å². The van der Waals surface area contributed by atoms with Gasteiger partial charge in [-0.1, -0.05) is 6.07 Å². The van der Waals surface area contributed by atoms with Crippen LogP contribution < -0.4 is 11.1 Å². The molecule has 1 aliphatic heterocycles. The fourth-order valence-corrected chi connectivity index (χ4v) is 5.13. The standard InChI is InChI=1S/C30H31N9O3/c1-4-41-29(40)26-24(31)25(23-17(2)10-11-21-20(23)16-34-39(21)22-9-5-6-15-42-22)36-28(37-26)19-8-7-13-32-27(19)38-30-33-14-12-18(3)35-30/h7-8,10-14,16,22H,4-6,9,15,31H2,1-3H3,(H,32,33,35,38). The van der Waals surface area contributed by atoms with Crippen molar-refractivity contribution in [2.75, 3.05) is 24.3 Å². The summed E-state index contributed by atoms with van der Waals surface area (Å²) in [6.07, 6.45) is 7.95. The number of nitrogen functional groups attached to an aromatic ring is 1. The van der Waals surface area contributed by atoms with Crippen LogP contribution in [0, 0.1) is 13.8 Å². The van der Waals surface area contributed by atoms with E-state index in [9.17, 15) is 4.79 Å². The van der Waals surface area contributed by atoms with E-state index in [-0.39, 0.29) is 30.0 Å². The van der Waals surface area contributed by atoms with Crippen molar-refractivity contribution in [3.05, 3.63) is 65.9 Å². The molecule has 12 heteroatoms. The van der Waals surface area contributed by atoms with Crippen molar-refractivity contribution in [3.8, 4) is 22.6 Å². The highest BCUT2D eigenvalue weighted by Gasteiger charge is 2.26. The highest BCUT2D eigenvalue weighted by Crippen LogP contribution is 2.38. The normalized spacial score (nSPS) is 15.1. The van der Waals surface area contributed by atoms with E-state index in [1.165, 1.54) is 0 Å². The number of nitrogens with zero attached hydrogens (tertiary/aromatic N) is 7. The van der Waals surface area contributed by atoms with E-state index < -0.39 is 5.97 Å². The fourth-order valence-electron chi connectivity index (χ4n) is 5.13. The van der Waals surface area contributed by atoms with E-state index in [4.69, 9.17) is 25.3 Å². The first kappa shape index (κ1) is 27.2. The molecule has 1 aliphatic rings. The van der Waals surface area contributed by atoms with Crippen LogP contribution in [0.15, 0.2) is 48.9 Å². The number of benzene rings is 1. The van der Waals surface area contributed by atoms with Gasteiger partial charge in [-0.25, -0.2) is 34.4 Å². The van der Waals surface area contributed by atoms with Gasteiger partial charge in [-0.2, -0.15) is 5.10 Å². The molecule has 0 radical (unpaired) electrons. The van der Waals surface area contributed by atoms with Crippen LogP contribution in [-0.2, 0) is 9.47 Å². The molecule has 0 amide bonds. The van der Waals surface area contributed by atoms with Crippen LogP contribution in [-0.4, -0.2) is 53.9 Å². The van der Waals surface area contributed by atoms with Crippen LogP contribution in [0.1, 0.15) is 54.2 Å². The highest BCUT2D eigenvalue weighted by atomic mass is 16.5. The number of anilines is 3. The third kappa shape index (κ3) is 5.12. The van der Waals surface area contributed by atoms with E-state index >= 15 is 0 Å². The highest BCUT2D eigenvalue weighted by molar-refractivity contribution is 6.03. The Morgan fingerprint density at radius 3 is 2.79 bits per heavy atom. The van der Waals surface area contributed by atoms with Crippen LogP contribution in [0.4, 0.5) is 17.5 Å². The van der Waals surface area contributed by atoms with Gasteiger partial charge in [0.15, 0.2) is 17.7 Å². The van der Waals surface area contributed by atoms with E-state index in [0.29, 0.717) is 29.6 Å². The molecule has 0 saturated carbocycles. The van der Waals surface area contributed by atoms with Crippen molar-refractivity contribution < 1.29 is 14.3 Å². The van der Waals surface area contributed by atoms with Gasteiger partial charge in [0, 0.05) is 35.6 Å². The summed E-state index contributed by atoms with van der Waals surface area (Å²) >= 11 is 0. The average Bonchev–Trinajstić information content (AvgIpc) is 3.43. The number of esters is 1. The molecule has 1 atom stereocenters. The van der Waals surface area contributed by atoms with Crippen LogP contribution in [0.2, 0.25) is 0 Å². The molecule has 0 spiro atoms. The number of nitrogens with one attached hydrogen (secondary N) is 1. The molecule has 3 N–H and O–H groups in total. The number of ether oxygens (including phenoxy) is 2. The Morgan fingerprint density at radius 1 is 1.12 bits per heavy atom. The molecule has 1 saturated heterocycles. The van der Waals surface area contributed by atoms with Gasteiger partial charge < -0.3 is 20.5 Å². The Bertz CT molecular complexity index is 1780. The van der Waals surface area contributed by atoms with Crippen molar-refractivity contribution >= 4 is 34.3 Å². The lowest BCUT2D eigenvalue weighted by Gasteiger charge is -2.23. The predicted molar refractivity (Wildman–Crippen MR) is 158 cm³/mol. The van der Waals surface area contributed by atoms with Crippen LogP contribution in [0.3, 0.4) is 0 Å². The smallest absolute Gasteiger partial charge is 0.359 e. The minimum atomic E-state index is -0.642. The number of hydrogen-bond acceptors (Lipinski definition) is 11. The summed E-state index contributed by atoms with van der Waals surface area (Å²) in [5.41, 5.74) is 11.0. The summed E-state index contributed by atoms with van der Waals surface area (Å²) in [6, 6.07) is 9.39. The molecule has 0 bridgehead atoms. The van der Waals surface area contributed by atoms with E-state index in [1.54, 1.807) is 43.7 Å². The largest absolute Gasteiger partial charge is 0.461 e. The average molecular weight is 566 g/mol. The second kappa shape index (κ2) is 11.5. The van der Waals surface area contributed by atoms with E-state index in [1.807, 2.05) is 30.7 Å². The van der Waals surface area contributed by atoms with Crippen molar-refractivity contribution in [2.24, 2.45) is 0 Å². The lowest BCUT2D eigenvalue weighted by Crippen LogP contribution is -2.19. The number of nitrogens with two attached hydrogens (primary N) is 1. The van der Waals surface area contributed by atoms with Gasteiger partial charge in [0.25, 0.3) is 0 Å². The lowest BCUT2D eigenvalue weighted by molar-refractivity contribution is -0.0366. The zero-order valence-corrected chi connectivity index (χ0v) is 23.7. The Kier molecular flexibility index (Phi) is 7.44. The third-order valence-corrected chi connectivity index (χ3v) is 7.14. The number of aromatic nitrogens is 7. The molecular weight excluding hydrogens is 534 g/mol. The zero-order valence-electron chi connectivity index (χ0n) is 23.7. The van der Waals surface area contributed by atoms with Crippen molar-refractivity contribution in [1.29, 1.82) is 0 Å². The monoisotopic (exact) mass is 565 g/mol. The second-order valence-electron chi connectivity index (χ2n) is 10.0. The van der Waals surface area contributed by atoms with Crippen LogP contribution in [0.25, 0.3) is 33.5 Å². The fraction of sp³-hybridized carbons (Fsp3) is 0.300. The Morgan fingerprint density at radius 2 is 2.00 bits per heavy atom. The Hall–Kier alpha value is -4.97. The van der Waals surface area contributed by atoms with Crippen molar-refractivity contribution in [3.63, 3.8) is 0 Å². The molecular formula is C30H31N9O3. The molecule has 6 rings (SSSR count). The minimum Gasteiger partial charge on any atom is -0.461 e. The number of aryl methyl sites for hydroxylation is 2. The quantitative estimate of drug-likeness (QED) is 0.251. The SMILES string of the molecule is CCOC(=O)c1nc(-c2cccnc2Nc2nccc(C)n2)nc(-c2c(C)ccc3c2cnn3C2CCCCO2)c1N. The number of carbonyl (C=O) groups excluding carboxylic acids is 1. The van der Waals surface area contributed by atoms with Gasteiger partial charge in [0.1, 0.15) is 5.82 Å². The summed E-state index contributed by atoms with van der Waals surface area (Å²) in [6.45, 7) is 6.44. The zero-order chi connectivity index (χ0) is 29.2. The first-order valence-electron chi connectivity index (χ1n) is 13.9. The van der Waals surface area contributed by atoms with Gasteiger partial charge >= 0.3 is 5.97 Å². The molecule has 0 aliphatic carbocycles. The summed E-state index contributed by atoms with van der Waals surface area (Å²) < 4.78 is 13.3. The van der Waals surface area contributed by atoms with Crippen molar-refractivity contribution in [2.45, 2.75) is 46.3 Å². The molecule has 214 valence electrons. The molecule has 5 heterocycles. The summed E-state index contributed by atoms with van der Waals surface area (Å²) in [5.74, 6) is 0.390. The summed E-state index contributed by atoms with van der Waals surface area (Å²) in [5, 5.41) is 8.69. The molecule has 1 fully saturated rings. The number of rotatable bonds is 7. The predicted octanol–water partition coefficient (Wildman–Crippen LogP) is 5.16. The van der Waals surface area contributed by atoms with Gasteiger partial charge in [0.05, 0.1) is 35.3 Å². The number of hydrogen-bond donors (Lipinski definition) is 2. The first-order valence-corrected chi connectivity index (χ1v) is 13.9. The molecule has 12 nitrogen and oxygen atoms in total. The second-order valence-corrected chi connectivity index (χ2v) is 10.0. The van der Waals surface area contributed by atoms with E-state index in [2.05, 4.69) is 25.3 Å². The van der Waals surface area contributed by atoms with Crippen molar-refractivity contribution in [1.82, 2.24) is 34.7 Å². The molecule has 1 aromatic carbocycles. The lowest BCUT2D eigenvalue weighted by atomic mass is 9.99. The van der Waals surface area contributed by atoms with Gasteiger partial charge in [-0.05, 0) is 69.9 Å². The van der Waals surface area contributed by atoms with Gasteiger partial charge in [-0.15, -0.1) is 0 Å².